The molecule has 0 saturated heterocycles. The Kier molecular flexibility index (Phi) is 4.90. The van der Waals surface area contributed by atoms with E-state index in [1.54, 1.807) is 0 Å². The first kappa shape index (κ1) is 16.7. The van der Waals surface area contributed by atoms with Crippen LogP contribution in [0, 0.1) is 6.92 Å². The summed E-state index contributed by atoms with van der Waals surface area (Å²) in [5, 5.41) is 0. The zero-order valence-electron chi connectivity index (χ0n) is 14.8. The number of benzene rings is 4. The van der Waals surface area contributed by atoms with Crippen LogP contribution in [0.2, 0.25) is 0 Å². The summed E-state index contributed by atoms with van der Waals surface area (Å²) < 4.78 is 0. The Labute approximate surface area is 158 Å². The molecule has 1 heteroatoms. The van der Waals surface area contributed by atoms with Crippen molar-refractivity contribution in [1.29, 1.82) is 0 Å². The van der Waals surface area contributed by atoms with E-state index in [0.717, 1.165) is 0 Å². The van der Waals surface area contributed by atoms with Gasteiger partial charge in [-0.1, -0.05) is 78.4 Å². The van der Waals surface area contributed by atoms with Gasteiger partial charge in [0.1, 0.15) is 0 Å². The van der Waals surface area contributed by atoms with Crippen LogP contribution in [0.5, 0.6) is 0 Å². The van der Waals surface area contributed by atoms with Gasteiger partial charge in [-0.15, -0.1) is 0 Å². The summed E-state index contributed by atoms with van der Waals surface area (Å²) in [5.74, 6) is 0. The van der Waals surface area contributed by atoms with Crippen molar-refractivity contribution in [2.75, 3.05) is 0 Å². The molecule has 4 rings (SSSR count). The Hall–Kier alpha value is -2.77. The van der Waals surface area contributed by atoms with Crippen molar-refractivity contribution in [1.82, 2.24) is 0 Å². The van der Waals surface area contributed by atoms with E-state index >= 15 is 0 Å². The van der Waals surface area contributed by atoms with Gasteiger partial charge in [-0.05, 0) is 48.9 Å². The molecule has 0 aliphatic carbocycles. The fraction of sp³-hybridized carbons (Fsp3) is 0.0400. The van der Waals surface area contributed by atoms with E-state index < -0.39 is 0 Å². The van der Waals surface area contributed by atoms with Gasteiger partial charge >= 0.3 is 0 Å². The Morgan fingerprint density at radius 1 is 0.500 bits per heavy atom. The summed E-state index contributed by atoms with van der Waals surface area (Å²) in [6.45, 7) is 2.13. The highest BCUT2D eigenvalue weighted by Crippen LogP contribution is 2.37. The third-order valence-corrected chi connectivity index (χ3v) is 6.71. The minimum absolute atomic E-state index is 0.132. The second kappa shape index (κ2) is 7.63. The molecule has 0 unspecified atom stereocenters. The molecule has 0 radical (unpaired) electrons. The van der Waals surface area contributed by atoms with Crippen LogP contribution in [0.15, 0.2) is 124 Å². The van der Waals surface area contributed by atoms with Gasteiger partial charge in [0, 0.05) is 5.56 Å². The molecule has 0 atom stereocenters. The molecule has 0 heterocycles. The molecular weight excluding hydrogens is 332 g/mol. The summed E-state index contributed by atoms with van der Waals surface area (Å²) in [5.41, 5.74) is 3.87. The number of aryl methyl sites for hydroxylation is 1. The fourth-order valence-electron chi connectivity index (χ4n) is 3.12. The van der Waals surface area contributed by atoms with Gasteiger partial charge in [0.15, 0.2) is 14.7 Å². The molecule has 0 nitrogen and oxygen atoms in total. The average Bonchev–Trinajstić information content (AvgIpc) is 2.71. The third-order valence-electron chi connectivity index (χ3n) is 4.43. The van der Waals surface area contributed by atoms with E-state index in [1.807, 2.05) is 0 Å². The highest BCUT2D eigenvalue weighted by Gasteiger charge is 2.31. The van der Waals surface area contributed by atoms with E-state index in [4.69, 9.17) is 0 Å². The lowest BCUT2D eigenvalue weighted by atomic mass is 10.0. The van der Waals surface area contributed by atoms with E-state index in [-0.39, 0.29) is 10.9 Å². The fourth-order valence-corrected chi connectivity index (χ4v) is 5.38. The molecule has 4 aromatic rings. The molecule has 0 saturated carbocycles. The highest BCUT2D eigenvalue weighted by atomic mass is 32.2. The maximum absolute atomic E-state index is 2.28. The van der Waals surface area contributed by atoms with Gasteiger partial charge in [0.25, 0.3) is 0 Å². The lowest BCUT2D eigenvalue weighted by Crippen LogP contribution is -2.06. The van der Waals surface area contributed by atoms with Crippen LogP contribution < -0.4 is 0 Å². The van der Waals surface area contributed by atoms with Gasteiger partial charge < -0.3 is 0 Å². The Balaban J connectivity index is 1.91. The molecule has 4 aromatic carbocycles. The van der Waals surface area contributed by atoms with Crippen molar-refractivity contribution in [2.45, 2.75) is 21.6 Å². The number of hydrogen-bond acceptors (Lipinski definition) is 0. The Morgan fingerprint density at radius 3 is 1.58 bits per heavy atom. The highest BCUT2D eigenvalue weighted by molar-refractivity contribution is 7.97. The van der Waals surface area contributed by atoms with Crippen LogP contribution in [0.25, 0.3) is 11.1 Å². The maximum Gasteiger partial charge on any atom is 0.174 e. The van der Waals surface area contributed by atoms with Gasteiger partial charge in [-0.2, -0.15) is 0 Å². The monoisotopic (exact) mass is 353 g/mol. The third kappa shape index (κ3) is 3.44. The van der Waals surface area contributed by atoms with Gasteiger partial charge in [-0.25, -0.2) is 0 Å². The summed E-state index contributed by atoms with van der Waals surface area (Å²) in [7, 11) is -0.132. The lowest BCUT2D eigenvalue weighted by molar-refractivity contribution is 1.31. The van der Waals surface area contributed by atoms with Crippen molar-refractivity contribution in [3.63, 3.8) is 0 Å². The molecule has 26 heavy (non-hydrogen) atoms. The first-order chi connectivity index (χ1) is 12.8. The molecule has 0 spiro atoms. The molecule has 126 valence electrons. The summed E-state index contributed by atoms with van der Waals surface area (Å²) in [6.07, 6.45) is 0. The molecule has 0 bridgehead atoms. The average molecular weight is 354 g/mol. The smallest absolute Gasteiger partial charge is 0.0619 e. The predicted molar refractivity (Wildman–Crippen MR) is 112 cm³/mol. The van der Waals surface area contributed by atoms with Crippen LogP contribution in [0.4, 0.5) is 0 Å². The molecule has 0 amide bonds. The molecule has 0 aliphatic heterocycles. The normalized spacial score (nSPS) is 10.8. The van der Waals surface area contributed by atoms with Crippen LogP contribution in [0.3, 0.4) is 0 Å². The van der Waals surface area contributed by atoms with Crippen molar-refractivity contribution in [3.8, 4) is 11.1 Å². The predicted octanol–water partition coefficient (Wildman–Crippen LogP) is 6.76. The minimum Gasteiger partial charge on any atom is -0.0619 e. The Morgan fingerprint density at radius 2 is 1.00 bits per heavy atom. The zero-order valence-corrected chi connectivity index (χ0v) is 15.6. The quantitative estimate of drug-likeness (QED) is 0.356. The topological polar surface area (TPSA) is 0 Å². The van der Waals surface area contributed by atoms with Gasteiger partial charge in [0.05, 0.1) is 10.9 Å². The SMILES string of the molecule is Cc1ccc(-c2ccccc2[S+](c2ccccc2)c2ccccc2)cc1. The number of rotatable bonds is 4. The zero-order chi connectivity index (χ0) is 17.8. The van der Waals surface area contributed by atoms with Crippen molar-refractivity contribution < 1.29 is 0 Å². The molecule has 0 aliphatic rings. The van der Waals surface area contributed by atoms with Gasteiger partial charge in [-0.3, -0.25) is 0 Å². The van der Waals surface area contributed by atoms with E-state index in [2.05, 4.69) is 116 Å². The first-order valence-corrected chi connectivity index (χ1v) is 10.1. The van der Waals surface area contributed by atoms with Crippen LogP contribution in [-0.4, -0.2) is 0 Å². The molecule has 0 aromatic heterocycles. The number of hydrogen-bond donors (Lipinski definition) is 0. The van der Waals surface area contributed by atoms with Crippen molar-refractivity contribution >= 4 is 10.9 Å². The second-order valence-electron chi connectivity index (χ2n) is 6.29. The first-order valence-electron chi connectivity index (χ1n) is 8.83. The molecule has 0 N–H and O–H groups in total. The lowest BCUT2D eigenvalue weighted by Gasteiger charge is -2.12. The van der Waals surface area contributed by atoms with Crippen LogP contribution in [-0.2, 0) is 10.9 Å². The minimum atomic E-state index is -0.132. The van der Waals surface area contributed by atoms with E-state index in [9.17, 15) is 0 Å². The maximum atomic E-state index is 2.28. The van der Waals surface area contributed by atoms with Crippen LogP contribution in [0.1, 0.15) is 5.56 Å². The second-order valence-corrected chi connectivity index (χ2v) is 8.29. The van der Waals surface area contributed by atoms with Crippen LogP contribution >= 0.6 is 0 Å². The van der Waals surface area contributed by atoms with E-state index in [0.29, 0.717) is 0 Å². The standard InChI is InChI=1S/C25H21S/c1-20-16-18-21(19-17-20)24-14-8-9-15-25(24)26(22-10-4-2-5-11-22)23-12-6-3-7-13-23/h2-19H,1H3/q+1. The summed E-state index contributed by atoms with van der Waals surface area (Å²) >= 11 is 0. The van der Waals surface area contributed by atoms with Crippen molar-refractivity contribution in [2.24, 2.45) is 0 Å². The van der Waals surface area contributed by atoms with Gasteiger partial charge in [0.2, 0.25) is 0 Å². The summed E-state index contributed by atoms with van der Waals surface area (Å²) in [6, 6.07) is 39.3. The Bertz CT molecular complexity index is 934. The summed E-state index contributed by atoms with van der Waals surface area (Å²) in [4.78, 5) is 4.06. The molecular formula is C25H21S+. The van der Waals surface area contributed by atoms with Crippen molar-refractivity contribution in [3.05, 3.63) is 115 Å². The largest absolute Gasteiger partial charge is 0.174 e. The van der Waals surface area contributed by atoms with E-state index in [1.165, 1.54) is 31.4 Å². The molecule has 0 fully saturated rings.